The largest absolute Gasteiger partial charge is 0.347 e. The van der Waals surface area contributed by atoms with Gasteiger partial charge in [-0.1, -0.05) is 57.2 Å². The molecule has 1 aromatic carbocycles. The Kier molecular flexibility index (Phi) is 5.96. The van der Waals surface area contributed by atoms with Crippen molar-refractivity contribution in [2.75, 3.05) is 12.3 Å². The minimum Gasteiger partial charge on any atom is -0.347 e. The zero-order chi connectivity index (χ0) is 16.3. The van der Waals surface area contributed by atoms with Gasteiger partial charge >= 0.3 is 0 Å². The van der Waals surface area contributed by atoms with Gasteiger partial charge in [-0.2, -0.15) is 0 Å². The Hall–Kier alpha value is -0.960. The first-order valence-corrected chi connectivity index (χ1v) is 9.40. The number of rotatable bonds is 5. The van der Waals surface area contributed by atoms with Crippen LogP contribution in [0.15, 0.2) is 23.2 Å². The summed E-state index contributed by atoms with van der Waals surface area (Å²) >= 11 is 1.93. The zero-order valence-electron chi connectivity index (χ0n) is 14.9. The lowest BCUT2D eigenvalue weighted by molar-refractivity contribution is 0.279. The summed E-state index contributed by atoms with van der Waals surface area (Å²) in [6.45, 7) is 14.6. The van der Waals surface area contributed by atoms with E-state index < -0.39 is 0 Å². The molecule has 1 fully saturated rings. The molecule has 0 spiro atoms. The van der Waals surface area contributed by atoms with Crippen LogP contribution in [0.2, 0.25) is 0 Å². The monoisotopic (exact) mass is 318 g/mol. The van der Waals surface area contributed by atoms with E-state index in [2.05, 4.69) is 64.6 Å². The molecule has 0 aliphatic carbocycles. The van der Waals surface area contributed by atoms with Gasteiger partial charge in [-0.15, -0.1) is 0 Å². The van der Waals surface area contributed by atoms with Crippen molar-refractivity contribution >= 4 is 22.6 Å². The Morgan fingerprint density at radius 2 is 1.91 bits per heavy atom. The van der Waals surface area contributed by atoms with Crippen molar-refractivity contribution in [1.29, 1.82) is 0 Å². The van der Waals surface area contributed by atoms with E-state index in [0.717, 1.165) is 18.2 Å². The summed E-state index contributed by atoms with van der Waals surface area (Å²) in [7, 11) is 0. The maximum atomic E-state index is 5.00. The summed E-state index contributed by atoms with van der Waals surface area (Å²) in [6.07, 6.45) is 1.26. The van der Waals surface area contributed by atoms with Gasteiger partial charge < -0.3 is 4.90 Å². The van der Waals surface area contributed by atoms with E-state index in [0.29, 0.717) is 12.0 Å². The third-order valence-corrected chi connectivity index (χ3v) is 5.10. The first-order chi connectivity index (χ1) is 10.4. The molecule has 1 aromatic rings. The van der Waals surface area contributed by atoms with Crippen molar-refractivity contribution in [2.24, 2.45) is 16.8 Å². The summed E-state index contributed by atoms with van der Waals surface area (Å²) in [5, 5.41) is 1.21. The van der Waals surface area contributed by atoms with E-state index in [-0.39, 0.29) is 0 Å². The second kappa shape index (κ2) is 7.54. The lowest BCUT2D eigenvalue weighted by atomic mass is 10.0. The van der Waals surface area contributed by atoms with E-state index in [1.54, 1.807) is 0 Å². The molecule has 1 aliphatic heterocycles. The first kappa shape index (κ1) is 17.4. The molecular formula is C19H30N2S. The molecule has 122 valence electrons. The third kappa shape index (κ3) is 4.52. The normalized spacial score (nSPS) is 20.6. The fourth-order valence-corrected chi connectivity index (χ4v) is 4.20. The predicted octanol–water partition coefficient (Wildman–Crippen LogP) is 5.41. The predicted molar refractivity (Wildman–Crippen MR) is 100 cm³/mol. The minimum absolute atomic E-state index is 0.636. The maximum absolute atomic E-state index is 5.00. The van der Waals surface area contributed by atoms with E-state index in [1.165, 1.54) is 28.5 Å². The van der Waals surface area contributed by atoms with Crippen LogP contribution in [0.1, 0.15) is 45.2 Å². The summed E-state index contributed by atoms with van der Waals surface area (Å²) in [4.78, 5) is 7.55. The molecule has 1 heterocycles. The van der Waals surface area contributed by atoms with Crippen LogP contribution in [-0.4, -0.2) is 28.4 Å². The molecule has 2 nitrogen and oxygen atoms in total. The molecule has 0 bridgehead atoms. The Morgan fingerprint density at radius 1 is 1.18 bits per heavy atom. The number of aryl methyl sites for hydroxylation is 2. The zero-order valence-corrected chi connectivity index (χ0v) is 15.7. The molecule has 22 heavy (non-hydrogen) atoms. The van der Waals surface area contributed by atoms with Crippen LogP contribution in [0.4, 0.5) is 5.69 Å². The Balaban J connectivity index is 2.25. The fraction of sp³-hybridized carbons (Fsp3) is 0.632. The van der Waals surface area contributed by atoms with Gasteiger partial charge in [-0.25, -0.2) is 4.99 Å². The van der Waals surface area contributed by atoms with Gasteiger partial charge in [0.15, 0.2) is 5.17 Å². The van der Waals surface area contributed by atoms with Gasteiger partial charge in [-0.3, -0.25) is 0 Å². The molecule has 0 aromatic heterocycles. The molecule has 1 aliphatic rings. The quantitative estimate of drug-likeness (QED) is 0.721. The third-order valence-electron chi connectivity index (χ3n) is 3.97. The maximum Gasteiger partial charge on any atom is 0.164 e. The molecule has 0 N–H and O–H groups in total. The number of nitrogens with zero attached hydrogens (tertiary/aromatic N) is 2. The highest BCUT2D eigenvalue weighted by molar-refractivity contribution is 8.14. The highest BCUT2D eigenvalue weighted by atomic mass is 32.2. The number of aliphatic imine (C=N–C) groups is 1. The van der Waals surface area contributed by atoms with Crippen LogP contribution in [0.25, 0.3) is 0 Å². The van der Waals surface area contributed by atoms with E-state index in [1.807, 2.05) is 11.8 Å². The molecular weight excluding hydrogens is 288 g/mol. The van der Waals surface area contributed by atoms with Crippen molar-refractivity contribution in [1.82, 2.24) is 4.90 Å². The lowest BCUT2D eigenvalue weighted by Gasteiger charge is -2.29. The van der Waals surface area contributed by atoms with Gasteiger partial charge in [0.2, 0.25) is 0 Å². The van der Waals surface area contributed by atoms with E-state index >= 15 is 0 Å². The number of hydrogen-bond donors (Lipinski definition) is 0. The lowest BCUT2D eigenvalue weighted by Crippen LogP contribution is -2.37. The van der Waals surface area contributed by atoms with Crippen molar-refractivity contribution in [3.8, 4) is 0 Å². The second-order valence-corrected chi connectivity index (χ2v) is 8.31. The van der Waals surface area contributed by atoms with Gasteiger partial charge in [0.05, 0.1) is 5.69 Å². The van der Waals surface area contributed by atoms with Gasteiger partial charge in [0.1, 0.15) is 0 Å². The summed E-state index contributed by atoms with van der Waals surface area (Å²) in [5.74, 6) is 2.58. The van der Waals surface area contributed by atoms with Gasteiger partial charge in [0, 0.05) is 18.3 Å². The van der Waals surface area contributed by atoms with Gasteiger partial charge in [0.25, 0.3) is 0 Å². The van der Waals surface area contributed by atoms with Crippen LogP contribution in [0, 0.1) is 25.7 Å². The average molecular weight is 319 g/mol. The topological polar surface area (TPSA) is 15.6 Å². The van der Waals surface area contributed by atoms with Crippen LogP contribution in [0.3, 0.4) is 0 Å². The molecule has 0 radical (unpaired) electrons. The summed E-state index contributed by atoms with van der Waals surface area (Å²) < 4.78 is 0. The average Bonchev–Trinajstić information content (AvgIpc) is 2.74. The number of benzene rings is 1. The van der Waals surface area contributed by atoms with Crippen molar-refractivity contribution < 1.29 is 0 Å². The van der Waals surface area contributed by atoms with Crippen molar-refractivity contribution in [3.05, 3.63) is 29.3 Å². The standard InChI is InChI=1S/C19H30N2S/c1-13(2)9-17-12-22-19(21(17)11-14(3)4)20-18-8-7-15(5)10-16(18)6/h7-8,10,13-14,17H,9,11-12H2,1-6H3/t17-/m0/s1. The van der Waals surface area contributed by atoms with Crippen LogP contribution < -0.4 is 0 Å². The Morgan fingerprint density at radius 3 is 2.50 bits per heavy atom. The summed E-state index contributed by atoms with van der Waals surface area (Å²) in [5.41, 5.74) is 3.69. The van der Waals surface area contributed by atoms with Gasteiger partial charge in [-0.05, 0) is 43.7 Å². The molecule has 0 unspecified atom stereocenters. The smallest absolute Gasteiger partial charge is 0.164 e. The SMILES string of the molecule is Cc1ccc(N=C2SC[C@H](CC(C)C)N2CC(C)C)c(C)c1. The van der Waals surface area contributed by atoms with Crippen molar-refractivity contribution in [2.45, 2.75) is 54.0 Å². The van der Waals surface area contributed by atoms with E-state index in [9.17, 15) is 0 Å². The highest BCUT2D eigenvalue weighted by Gasteiger charge is 2.31. The molecule has 2 rings (SSSR count). The van der Waals surface area contributed by atoms with Crippen LogP contribution in [0.5, 0.6) is 0 Å². The fourth-order valence-electron chi connectivity index (χ4n) is 2.99. The highest BCUT2D eigenvalue weighted by Crippen LogP contribution is 2.32. The number of amidine groups is 1. The van der Waals surface area contributed by atoms with E-state index in [4.69, 9.17) is 4.99 Å². The summed E-state index contributed by atoms with van der Waals surface area (Å²) in [6, 6.07) is 7.17. The molecule has 1 saturated heterocycles. The Labute approximate surface area is 140 Å². The first-order valence-electron chi connectivity index (χ1n) is 8.42. The Bertz CT molecular complexity index is 534. The number of hydrogen-bond acceptors (Lipinski definition) is 2. The molecule has 0 amide bonds. The minimum atomic E-state index is 0.636. The second-order valence-electron chi connectivity index (χ2n) is 7.32. The van der Waals surface area contributed by atoms with Crippen molar-refractivity contribution in [3.63, 3.8) is 0 Å². The molecule has 0 saturated carbocycles. The van der Waals surface area contributed by atoms with Crippen LogP contribution >= 0.6 is 11.8 Å². The molecule has 3 heteroatoms. The van der Waals surface area contributed by atoms with Crippen LogP contribution in [-0.2, 0) is 0 Å². The molecule has 1 atom stereocenters. The number of thioether (sulfide) groups is 1.